The van der Waals surface area contributed by atoms with Crippen LogP contribution in [0, 0.1) is 12.3 Å². The van der Waals surface area contributed by atoms with Crippen LogP contribution in [0.1, 0.15) is 24.4 Å². The Hall–Kier alpha value is -1.89. The van der Waals surface area contributed by atoms with Crippen LogP contribution in [-0.2, 0) is 0 Å². The topological polar surface area (TPSA) is 59.7 Å². The summed E-state index contributed by atoms with van der Waals surface area (Å²) in [5, 5.41) is 8.56. The molecule has 0 amide bonds. The Morgan fingerprint density at radius 3 is 2.71 bits per heavy atom. The summed E-state index contributed by atoms with van der Waals surface area (Å²) in [5.41, 5.74) is -0.812. The van der Waals surface area contributed by atoms with Crippen LogP contribution in [0.15, 0.2) is 16.5 Å². The number of furan rings is 1. The number of ether oxygens (including phenoxy) is 1. The summed E-state index contributed by atoms with van der Waals surface area (Å²) >= 11 is 0. The molecule has 0 radical (unpaired) electrons. The van der Waals surface area contributed by atoms with E-state index < -0.39 is 11.6 Å². The summed E-state index contributed by atoms with van der Waals surface area (Å²) in [4.78, 5) is 10.5. The fourth-order valence-electron chi connectivity index (χ4n) is 0.771. The molecule has 1 rings (SSSR count). The number of carboxylic acid groups (broad SMARTS) is 1. The minimum atomic E-state index is -1.14. The number of terminal acetylenes is 1. The van der Waals surface area contributed by atoms with Gasteiger partial charge in [0.05, 0.1) is 0 Å². The van der Waals surface area contributed by atoms with Gasteiger partial charge in [-0.3, -0.25) is 0 Å². The van der Waals surface area contributed by atoms with Crippen molar-refractivity contribution in [1.82, 2.24) is 0 Å². The molecule has 0 fully saturated rings. The number of aromatic carboxylic acids is 1. The maximum absolute atomic E-state index is 10.5. The van der Waals surface area contributed by atoms with Crippen molar-refractivity contribution in [3.8, 4) is 18.3 Å². The van der Waals surface area contributed by atoms with Crippen molar-refractivity contribution in [3.63, 3.8) is 0 Å². The molecular weight excluding hydrogens is 184 g/mol. The second kappa shape index (κ2) is 3.46. The van der Waals surface area contributed by atoms with E-state index in [9.17, 15) is 4.79 Å². The summed E-state index contributed by atoms with van der Waals surface area (Å²) in [7, 11) is 0. The van der Waals surface area contributed by atoms with Crippen LogP contribution in [-0.4, -0.2) is 16.7 Å². The van der Waals surface area contributed by atoms with Crippen molar-refractivity contribution < 1.29 is 19.1 Å². The molecule has 1 heterocycles. The van der Waals surface area contributed by atoms with Gasteiger partial charge >= 0.3 is 5.97 Å². The number of rotatable bonds is 3. The van der Waals surface area contributed by atoms with Gasteiger partial charge in [0.2, 0.25) is 5.76 Å². The average Bonchev–Trinajstić information content (AvgIpc) is 2.52. The third-order valence-corrected chi connectivity index (χ3v) is 1.50. The second-order valence-electron chi connectivity index (χ2n) is 3.18. The van der Waals surface area contributed by atoms with E-state index in [1.165, 1.54) is 12.1 Å². The zero-order valence-electron chi connectivity index (χ0n) is 7.90. The first-order chi connectivity index (χ1) is 6.44. The van der Waals surface area contributed by atoms with Crippen molar-refractivity contribution in [1.29, 1.82) is 0 Å². The lowest BCUT2D eigenvalue weighted by molar-refractivity contribution is 0.0638. The lowest BCUT2D eigenvalue weighted by Gasteiger charge is -2.17. The zero-order valence-corrected chi connectivity index (χ0v) is 7.90. The fourth-order valence-corrected chi connectivity index (χ4v) is 0.771. The zero-order chi connectivity index (χ0) is 10.8. The quantitative estimate of drug-likeness (QED) is 0.745. The van der Waals surface area contributed by atoms with Crippen LogP contribution in [0.5, 0.6) is 5.95 Å². The molecule has 0 aliphatic carbocycles. The predicted octanol–water partition coefficient (Wildman–Crippen LogP) is 1.77. The molecule has 1 N–H and O–H groups in total. The van der Waals surface area contributed by atoms with E-state index >= 15 is 0 Å². The van der Waals surface area contributed by atoms with Gasteiger partial charge in [-0.05, 0) is 19.9 Å². The third-order valence-electron chi connectivity index (χ3n) is 1.50. The van der Waals surface area contributed by atoms with Gasteiger partial charge < -0.3 is 14.3 Å². The molecule has 0 aromatic carbocycles. The van der Waals surface area contributed by atoms with Crippen LogP contribution in [0.4, 0.5) is 0 Å². The third kappa shape index (κ3) is 2.30. The molecule has 0 saturated carbocycles. The van der Waals surface area contributed by atoms with Gasteiger partial charge in [-0.15, -0.1) is 6.42 Å². The first-order valence-electron chi connectivity index (χ1n) is 3.94. The van der Waals surface area contributed by atoms with E-state index in [1.807, 2.05) is 0 Å². The largest absolute Gasteiger partial charge is 0.475 e. The van der Waals surface area contributed by atoms with Gasteiger partial charge in [0.1, 0.15) is 0 Å². The smallest absolute Gasteiger partial charge is 0.371 e. The van der Waals surface area contributed by atoms with E-state index in [0.717, 1.165) is 0 Å². The minimum absolute atomic E-state index is 0.102. The molecule has 4 nitrogen and oxygen atoms in total. The molecule has 14 heavy (non-hydrogen) atoms. The van der Waals surface area contributed by atoms with E-state index in [0.29, 0.717) is 0 Å². The molecule has 0 unspecified atom stereocenters. The minimum Gasteiger partial charge on any atom is -0.475 e. The van der Waals surface area contributed by atoms with E-state index in [4.69, 9.17) is 20.7 Å². The Morgan fingerprint density at radius 2 is 2.29 bits per heavy atom. The summed E-state index contributed by atoms with van der Waals surface area (Å²) < 4.78 is 10.1. The Morgan fingerprint density at radius 1 is 1.64 bits per heavy atom. The highest BCUT2D eigenvalue weighted by molar-refractivity contribution is 5.84. The normalized spacial score (nSPS) is 10.6. The van der Waals surface area contributed by atoms with Gasteiger partial charge in [-0.25, -0.2) is 4.79 Å². The summed E-state index contributed by atoms with van der Waals surface area (Å²) in [5.74, 6) is 1.19. The first-order valence-corrected chi connectivity index (χ1v) is 3.94. The maximum Gasteiger partial charge on any atom is 0.371 e. The Bertz CT molecular complexity index is 381. The second-order valence-corrected chi connectivity index (χ2v) is 3.18. The molecule has 0 atom stereocenters. The highest BCUT2D eigenvalue weighted by atomic mass is 16.6. The number of hydrogen-bond acceptors (Lipinski definition) is 3. The lowest BCUT2D eigenvalue weighted by atomic mass is 10.1. The monoisotopic (exact) mass is 194 g/mol. The van der Waals surface area contributed by atoms with Crippen molar-refractivity contribution in [2.75, 3.05) is 0 Å². The Labute approximate surface area is 81.5 Å². The summed E-state index contributed by atoms with van der Waals surface area (Å²) in [6.07, 6.45) is 5.19. The van der Waals surface area contributed by atoms with Crippen LogP contribution in [0.2, 0.25) is 0 Å². The molecule has 1 aromatic heterocycles. The predicted molar refractivity (Wildman–Crippen MR) is 49.2 cm³/mol. The van der Waals surface area contributed by atoms with Gasteiger partial charge in [0.25, 0.3) is 5.95 Å². The van der Waals surface area contributed by atoms with Crippen LogP contribution in [0.3, 0.4) is 0 Å². The molecule has 0 spiro atoms. The van der Waals surface area contributed by atoms with Crippen molar-refractivity contribution >= 4 is 5.97 Å². The molecule has 4 heteroatoms. The average molecular weight is 194 g/mol. The molecule has 0 aliphatic heterocycles. The van der Waals surface area contributed by atoms with Gasteiger partial charge in [-0.2, -0.15) is 0 Å². The van der Waals surface area contributed by atoms with Crippen LogP contribution in [0.25, 0.3) is 0 Å². The van der Waals surface area contributed by atoms with Crippen LogP contribution < -0.4 is 4.74 Å². The van der Waals surface area contributed by atoms with E-state index in [-0.39, 0.29) is 11.7 Å². The molecule has 0 bridgehead atoms. The Kier molecular flexibility index (Phi) is 2.52. The first kappa shape index (κ1) is 10.2. The van der Waals surface area contributed by atoms with Crippen molar-refractivity contribution in [2.45, 2.75) is 19.4 Å². The molecular formula is C10H10O4. The van der Waals surface area contributed by atoms with E-state index in [2.05, 4.69) is 5.92 Å². The number of hydrogen-bond donors (Lipinski definition) is 1. The van der Waals surface area contributed by atoms with Crippen molar-refractivity contribution in [2.24, 2.45) is 0 Å². The van der Waals surface area contributed by atoms with E-state index in [1.54, 1.807) is 13.8 Å². The SMILES string of the molecule is C#CC(C)(C)Oc1ccc(C(=O)O)o1. The highest BCUT2D eigenvalue weighted by Crippen LogP contribution is 2.20. The van der Waals surface area contributed by atoms with Gasteiger partial charge in [0, 0.05) is 6.07 Å². The molecule has 1 aromatic rings. The molecule has 0 aliphatic rings. The summed E-state index contributed by atoms with van der Waals surface area (Å²) in [6.45, 7) is 3.35. The Balaban J connectivity index is 2.80. The fraction of sp³-hybridized carbons (Fsp3) is 0.300. The van der Waals surface area contributed by atoms with Gasteiger partial charge in [-0.1, -0.05) is 5.92 Å². The lowest BCUT2D eigenvalue weighted by Crippen LogP contribution is -2.25. The van der Waals surface area contributed by atoms with Gasteiger partial charge in [0.15, 0.2) is 5.60 Å². The standard InChI is InChI=1S/C10H10O4/c1-4-10(2,3)14-8-6-5-7(13-8)9(11)12/h1,5-6H,2-3H3,(H,11,12). The molecule has 74 valence electrons. The van der Waals surface area contributed by atoms with Crippen LogP contribution >= 0.6 is 0 Å². The number of carbonyl (C=O) groups is 1. The summed E-state index contributed by atoms with van der Waals surface area (Å²) in [6, 6.07) is 2.73. The highest BCUT2D eigenvalue weighted by Gasteiger charge is 2.19. The maximum atomic E-state index is 10.5. The number of carboxylic acids is 1. The molecule has 0 saturated heterocycles. The van der Waals surface area contributed by atoms with Crippen molar-refractivity contribution in [3.05, 3.63) is 17.9 Å².